The molecule has 0 radical (unpaired) electrons. The summed E-state index contributed by atoms with van der Waals surface area (Å²) in [4.78, 5) is 30.2. The van der Waals surface area contributed by atoms with Crippen molar-refractivity contribution in [2.24, 2.45) is 5.92 Å². The molecule has 1 atom stereocenters. The molecule has 1 amide bonds. The lowest BCUT2D eigenvalue weighted by atomic mass is 10.1. The summed E-state index contributed by atoms with van der Waals surface area (Å²) in [6.45, 7) is 4.68. The third-order valence-electron chi connectivity index (χ3n) is 4.13. The first-order valence-corrected chi connectivity index (χ1v) is 7.50. The van der Waals surface area contributed by atoms with Crippen molar-refractivity contribution < 1.29 is 4.79 Å². The molecule has 3 rings (SSSR count). The summed E-state index contributed by atoms with van der Waals surface area (Å²) in [5.41, 5.74) is 2.46. The molecule has 2 aromatic rings. The van der Waals surface area contributed by atoms with Gasteiger partial charge in [-0.1, -0.05) is 18.2 Å². The van der Waals surface area contributed by atoms with Gasteiger partial charge in [0.2, 0.25) is 0 Å². The number of aryl methyl sites for hydroxylation is 1. The predicted octanol–water partition coefficient (Wildman–Crippen LogP) is 1.27. The van der Waals surface area contributed by atoms with Crippen molar-refractivity contribution >= 4 is 11.6 Å². The largest absolute Gasteiger partial charge is 0.371 e. The Balaban J connectivity index is 1.54. The Morgan fingerprint density at radius 2 is 2.23 bits per heavy atom. The number of para-hydroxylation sites is 1. The molecule has 0 unspecified atom stereocenters. The van der Waals surface area contributed by atoms with Crippen molar-refractivity contribution in [3.63, 3.8) is 0 Å². The molecule has 0 spiro atoms. The fourth-order valence-electron chi connectivity index (χ4n) is 2.92. The maximum absolute atomic E-state index is 11.9. The standard InChI is InChI=1S/C16H20N4O2/c1-11-4-2-3-5-14(11)20-7-6-12(10-20)8-17-15(21)13-9-18-16(22)19-13/h2-5,9,12H,6-8,10H2,1H3,(H,17,21)(H2,18,19,22)/t12-/m1/s1. The quantitative estimate of drug-likeness (QED) is 0.795. The molecule has 22 heavy (non-hydrogen) atoms. The predicted molar refractivity (Wildman–Crippen MR) is 85.2 cm³/mol. The lowest BCUT2D eigenvalue weighted by molar-refractivity contribution is 0.0943. The SMILES string of the molecule is Cc1ccccc1N1CC[C@H](CNC(=O)c2c[nH]c(=O)[nH]2)C1. The lowest BCUT2D eigenvalue weighted by Crippen LogP contribution is -2.31. The number of carbonyl (C=O) groups is 1. The molecule has 0 aliphatic carbocycles. The molecule has 1 saturated heterocycles. The van der Waals surface area contributed by atoms with Gasteiger partial charge in [0.25, 0.3) is 5.91 Å². The molecule has 1 aliphatic heterocycles. The number of hydrogen-bond acceptors (Lipinski definition) is 3. The second-order valence-corrected chi connectivity index (χ2v) is 5.75. The fourth-order valence-corrected chi connectivity index (χ4v) is 2.92. The van der Waals surface area contributed by atoms with Crippen LogP contribution in [0, 0.1) is 12.8 Å². The van der Waals surface area contributed by atoms with Gasteiger partial charge in [0.05, 0.1) is 0 Å². The van der Waals surface area contributed by atoms with Gasteiger partial charge in [-0.25, -0.2) is 4.79 Å². The Hall–Kier alpha value is -2.50. The van der Waals surface area contributed by atoms with Gasteiger partial charge in [-0.05, 0) is 30.9 Å². The molecule has 116 valence electrons. The van der Waals surface area contributed by atoms with Crippen LogP contribution in [0.1, 0.15) is 22.5 Å². The zero-order valence-corrected chi connectivity index (χ0v) is 12.6. The highest BCUT2D eigenvalue weighted by atomic mass is 16.2. The number of hydrogen-bond donors (Lipinski definition) is 3. The fraction of sp³-hybridized carbons (Fsp3) is 0.375. The summed E-state index contributed by atoms with van der Waals surface area (Å²) in [7, 11) is 0. The van der Waals surface area contributed by atoms with E-state index in [1.807, 2.05) is 6.07 Å². The van der Waals surface area contributed by atoms with Crippen LogP contribution in [-0.4, -0.2) is 35.5 Å². The van der Waals surface area contributed by atoms with Crippen LogP contribution >= 0.6 is 0 Å². The van der Waals surface area contributed by atoms with Crippen LogP contribution in [0.15, 0.2) is 35.3 Å². The number of benzene rings is 1. The van der Waals surface area contributed by atoms with Gasteiger partial charge < -0.3 is 20.2 Å². The van der Waals surface area contributed by atoms with E-state index in [4.69, 9.17) is 0 Å². The molecule has 1 aliphatic rings. The van der Waals surface area contributed by atoms with Gasteiger partial charge in [-0.3, -0.25) is 4.79 Å². The molecule has 2 heterocycles. The number of imidazole rings is 1. The highest BCUT2D eigenvalue weighted by molar-refractivity contribution is 5.91. The molecule has 0 saturated carbocycles. The van der Waals surface area contributed by atoms with E-state index in [1.165, 1.54) is 17.4 Å². The first kappa shape index (κ1) is 14.4. The van der Waals surface area contributed by atoms with Gasteiger partial charge in [-0.2, -0.15) is 0 Å². The molecule has 6 nitrogen and oxygen atoms in total. The zero-order valence-electron chi connectivity index (χ0n) is 12.6. The third kappa shape index (κ3) is 3.05. The average Bonchev–Trinajstić information content (AvgIpc) is 3.14. The van der Waals surface area contributed by atoms with Gasteiger partial charge in [0.1, 0.15) is 5.69 Å². The van der Waals surface area contributed by atoms with E-state index in [2.05, 4.69) is 45.3 Å². The van der Waals surface area contributed by atoms with E-state index in [1.54, 1.807) is 0 Å². The maximum Gasteiger partial charge on any atom is 0.323 e. The number of carbonyl (C=O) groups excluding carboxylic acids is 1. The van der Waals surface area contributed by atoms with Crippen LogP contribution in [0.3, 0.4) is 0 Å². The minimum absolute atomic E-state index is 0.243. The summed E-state index contributed by atoms with van der Waals surface area (Å²) in [5.74, 6) is 0.182. The minimum Gasteiger partial charge on any atom is -0.371 e. The van der Waals surface area contributed by atoms with E-state index in [0.29, 0.717) is 12.5 Å². The second kappa shape index (κ2) is 6.09. The van der Waals surface area contributed by atoms with E-state index in [0.717, 1.165) is 19.5 Å². The van der Waals surface area contributed by atoms with E-state index in [-0.39, 0.29) is 17.3 Å². The maximum atomic E-state index is 11.9. The Kier molecular flexibility index (Phi) is 4.00. The Labute approximate surface area is 128 Å². The molecular formula is C16H20N4O2. The topological polar surface area (TPSA) is 81.0 Å². The van der Waals surface area contributed by atoms with Crippen LogP contribution in [0.25, 0.3) is 0 Å². The lowest BCUT2D eigenvalue weighted by Gasteiger charge is -2.21. The number of rotatable bonds is 4. The van der Waals surface area contributed by atoms with Crippen LogP contribution in [0.4, 0.5) is 5.69 Å². The highest BCUT2D eigenvalue weighted by Crippen LogP contribution is 2.26. The zero-order chi connectivity index (χ0) is 15.5. The van der Waals surface area contributed by atoms with Crippen LogP contribution in [-0.2, 0) is 0 Å². The smallest absolute Gasteiger partial charge is 0.323 e. The van der Waals surface area contributed by atoms with Crippen molar-refractivity contribution in [2.75, 3.05) is 24.5 Å². The molecule has 0 bridgehead atoms. The summed E-state index contributed by atoms with van der Waals surface area (Å²) in [6.07, 6.45) is 2.45. The highest BCUT2D eigenvalue weighted by Gasteiger charge is 2.24. The minimum atomic E-state index is -0.364. The number of aromatic amines is 2. The molecule has 3 N–H and O–H groups in total. The number of amides is 1. The normalized spacial score (nSPS) is 17.7. The molecule has 1 aromatic heterocycles. The average molecular weight is 300 g/mol. The van der Waals surface area contributed by atoms with Crippen LogP contribution in [0.5, 0.6) is 0 Å². The van der Waals surface area contributed by atoms with E-state index < -0.39 is 0 Å². The monoisotopic (exact) mass is 300 g/mol. The van der Waals surface area contributed by atoms with Crippen LogP contribution < -0.4 is 15.9 Å². The Morgan fingerprint density at radius 3 is 2.95 bits per heavy atom. The Bertz CT molecular complexity index is 719. The summed E-state index contributed by atoms with van der Waals surface area (Å²) >= 11 is 0. The number of nitrogens with zero attached hydrogens (tertiary/aromatic N) is 1. The molecule has 1 aromatic carbocycles. The van der Waals surface area contributed by atoms with Crippen LogP contribution in [0.2, 0.25) is 0 Å². The van der Waals surface area contributed by atoms with E-state index >= 15 is 0 Å². The number of nitrogens with one attached hydrogen (secondary N) is 3. The summed E-state index contributed by atoms with van der Waals surface area (Å²) in [6, 6.07) is 8.36. The van der Waals surface area contributed by atoms with E-state index in [9.17, 15) is 9.59 Å². The summed E-state index contributed by atoms with van der Waals surface area (Å²) < 4.78 is 0. The number of aromatic nitrogens is 2. The molecule has 1 fully saturated rings. The van der Waals surface area contributed by atoms with Gasteiger partial charge >= 0.3 is 5.69 Å². The van der Waals surface area contributed by atoms with Crippen molar-refractivity contribution in [1.29, 1.82) is 0 Å². The number of H-pyrrole nitrogens is 2. The van der Waals surface area contributed by atoms with Crippen molar-refractivity contribution in [3.8, 4) is 0 Å². The second-order valence-electron chi connectivity index (χ2n) is 5.75. The number of anilines is 1. The van der Waals surface area contributed by atoms with Gasteiger partial charge in [0.15, 0.2) is 0 Å². The van der Waals surface area contributed by atoms with Crippen molar-refractivity contribution in [2.45, 2.75) is 13.3 Å². The van der Waals surface area contributed by atoms with Gasteiger partial charge in [0, 0.05) is 31.5 Å². The summed E-state index contributed by atoms with van der Waals surface area (Å²) in [5, 5.41) is 2.89. The first-order chi connectivity index (χ1) is 10.6. The van der Waals surface area contributed by atoms with Gasteiger partial charge in [-0.15, -0.1) is 0 Å². The first-order valence-electron chi connectivity index (χ1n) is 7.50. The van der Waals surface area contributed by atoms with Crippen molar-refractivity contribution in [3.05, 3.63) is 52.2 Å². The molecular weight excluding hydrogens is 280 g/mol. The third-order valence-corrected chi connectivity index (χ3v) is 4.13. The molecule has 6 heteroatoms. The van der Waals surface area contributed by atoms with Crippen molar-refractivity contribution in [1.82, 2.24) is 15.3 Å². The Morgan fingerprint density at radius 1 is 1.41 bits per heavy atom.